The number of rotatable bonds is 4. The third-order valence-corrected chi connectivity index (χ3v) is 4.34. The summed E-state index contributed by atoms with van der Waals surface area (Å²) in [7, 11) is 0. The van der Waals surface area contributed by atoms with E-state index < -0.39 is 0 Å². The monoisotopic (exact) mass is 254 g/mol. The second-order valence-corrected chi connectivity index (χ2v) is 5.79. The number of likely N-dealkylation sites (N-methyl/N-ethyl adjacent to an activating group) is 1. The van der Waals surface area contributed by atoms with Crippen molar-refractivity contribution in [3.63, 3.8) is 0 Å². The van der Waals surface area contributed by atoms with Gasteiger partial charge in [-0.1, -0.05) is 6.92 Å². The van der Waals surface area contributed by atoms with Gasteiger partial charge in [0.25, 0.3) is 0 Å². The Kier molecular flexibility index (Phi) is 4.62. The molecule has 1 amide bonds. The highest BCUT2D eigenvalue weighted by Gasteiger charge is 2.38. The number of amides is 1. The van der Waals surface area contributed by atoms with Crippen LogP contribution in [0, 0.1) is 5.41 Å². The smallest absolute Gasteiger partial charge is 0.228 e. The first kappa shape index (κ1) is 13.8. The Labute approximate surface area is 110 Å². The molecule has 2 saturated heterocycles. The van der Waals surface area contributed by atoms with Crippen molar-refractivity contribution in [3.05, 3.63) is 0 Å². The fourth-order valence-electron chi connectivity index (χ4n) is 2.96. The summed E-state index contributed by atoms with van der Waals surface area (Å²) < 4.78 is 5.65. The largest absolute Gasteiger partial charge is 0.376 e. The minimum Gasteiger partial charge on any atom is -0.376 e. The lowest BCUT2D eigenvalue weighted by Crippen LogP contribution is -2.49. The number of carbonyl (C=O) groups excluding carboxylic acids is 1. The van der Waals surface area contributed by atoms with E-state index in [1.54, 1.807) is 0 Å². The summed E-state index contributed by atoms with van der Waals surface area (Å²) in [5, 5.41) is 3.33. The fourth-order valence-corrected chi connectivity index (χ4v) is 2.96. The van der Waals surface area contributed by atoms with Gasteiger partial charge in [0.1, 0.15) is 0 Å². The average molecular weight is 254 g/mol. The van der Waals surface area contributed by atoms with E-state index >= 15 is 0 Å². The minimum absolute atomic E-state index is 0.167. The van der Waals surface area contributed by atoms with E-state index in [0.29, 0.717) is 5.91 Å². The summed E-state index contributed by atoms with van der Waals surface area (Å²) in [5.74, 6) is 0.321. The molecule has 2 rings (SSSR count). The molecule has 0 aliphatic carbocycles. The van der Waals surface area contributed by atoms with Gasteiger partial charge < -0.3 is 15.0 Å². The molecule has 0 radical (unpaired) electrons. The molecule has 2 aliphatic heterocycles. The molecule has 0 saturated carbocycles. The van der Waals surface area contributed by atoms with Gasteiger partial charge in [-0.3, -0.25) is 4.79 Å². The number of hydrogen-bond acceptors (Lipinski definition) is 3. The number of piperidine rings is 1. The molecule has 0 bridgehead atoms. The molecule has 4 heteroatoms. The normalized spacial score (nSPS) is 27.1. The maximum atomic E-state index is 12.7. The van der Waals surface area contributed by atoms with E-state index in [4.69, 9.17) is 4.74 Å². The molecule has 0 spiro atoms. The predicted molar refractivity (Wildman–Crippen MR) is 71.4 cm³/mol. The Balaban J connectivity index is 1.95. The highest BCUT2D eigenvalue weighted by atomic mass is 16.5. The zero-order chi connectivity index (χ0) is 13.0. The van der Waals surface area contributed by atoms with E-state index in [1.165, 1.54) is 0 Å². The molecule has 18 heavy (non-hydrogen) atoms. The second-order valence-electron chi connectivity index (χ2n) is 5.79. The lowest BCUT2D eigenvalue weighted by atomic mass is 9.79. The van der Waals surface area contributed by atoms with E-state index in [2.05, 4.69) is 19.2 Å². The van der Waals surface area contributed by atoms with E-state index in [0.717, 1.165) is 58.5 Å². The number of nitrogens with one attached hydrogen (secondary N) is 1. The summed E-state index contributed by atoms with van der Waals surface area (Å²) in [6.45, 7) is 8.53. The van der Waals surface area contributed by atoms with Crippen molar-refractivity contribution in [1.82, 2.24) is 10.2 Å². The van der Waals surface area contributed by atoms with Crippen molar-refractivity contribution in [2.75, 3.05) is 32.8 Å². The van der Waals surface area contributed by atoms with Crippen LogP contribution >= 0.6 is 0 Å². The summed E-state index contributed by atoms with van der Waals surface area (Å²) in [6, 6.07) is 0. The zero-order valence-electron chi connectivity index (χ0n) is 11.7. The molecular formula is C14H26N2O2. The molecule has 2 heterocycles. The first-order valence-electron chi connectivity index (χ1n) is 7.27. The van der Waals surface area contributed by atoms with Crippen LogP contribution in [0.25, 0.3) is 0 Å². The van der Waals surface area contributed by atoms with Gasteiger partial charge >= 0.3 is 0 Å². The lowest BCUT2D eigenvalue weighted by molar-refractivity contribution is -0.144. The minimum atomic E-state index is -0.167. The Morgan fingerprint density at radius 3 is 2.72 bits per heavy atom. The van der Waals surface area contributed by atoms with Gasteiger partial charge in [0.15, 0.2) is 0 Å². The van der Waals surface area contributed by atoms with Crippen LogP contribution in [0.5, 0.6) is 0 Å². The molecule has 1 unspecified atom stereocenters. The maximum absolute atomic E-state index is 12.7. The highest BCUT2D eigenvalue weighted by molar-refractivity contribution is 5.82. The first-order chi connectivity index (χ1) is 8.65. The van der Waals surface area contributed by atoms with Crippen LogP contribution in [0.2, 0.25) is 0 Å². The van der Waals surface area contributed by atoms with Crippen LogP contribution < -0.4 is 5.32 Å². The number of nitrogens with zero attached hydrogens (tertiary/aromatic N) is 1. The maximum Gasteiger partial charge on any atom is 0.228 e. The van der Waals surface area contributed by atoms with E-state index in [1.807, 2.05) is 4.90 Å². The molecule has 2 aliphatic rings. The van der Waals surface area contributed by atoms with E-state index in [9.17, 15) is 4.79 Å². The standard InChI is InChI=1S/C14H26N2O2/c1-3-16(11-12-5-4-10-18-12)13(17)14(2)6-8-15-9-7-14/h12,15H,3-11H2,1-2H3. The van der Waals surface area contributed by atoms with Gasteiger partial charge in [-0.2, -0.15) is 0 Å². The van der Waals surface area contributed by atoms with Gasteiger partial charge in [0.2, 0.25) is 5.91 Å². The Morgan fingerprint density at radius 1 is 1.44 bits per heavy atom. The summed E-state index contributed by atoms with van der Waals surface area (Å²) in [4.78, 5) is 14.7. The van der Waals surface area contributed by atoms with Gasteiger partial charge in [-0.15, -0.1) is 0 Å². The second kappa shape index (κ2) is 6.02. The van der Waals surface area contributed by atoms with Crippen molar-refractivity contribution in [2.24, 2.45) is 5.41 Å². The molecule has 0 aromatic carbocycles. The lowest BCUT2D eigenvalue weighted by Gasteiger charge is -2.37. The van der Waals surface area contributed by atoms with E-state index in [-0.39, 0.29) is 11.5 Å². The molecule has 0 aromatic heterocycles. The van der Waals surface area contributed by atoms with Gasteiger partial charge in [-0.25, -0.2) is 0 Å². The Morgan fingerprint density at radius 2 is 2.17 bits per heavy atom. The van der Waals surface area contributed by atoms with Gasteiger partial charge in [0.05, 0.1) is 6.10 Å². The Bertz CT molecular complexity index is 282. The van der Waals surface area contributed by atoms with Crippen molar-refractivity contribution in [1.29, 1.82) is 0 Å². The van der Waals surface area contributed by atoms with Gasteiger partial charge in [0, 0.05) is 25.1 Å². The zero-order valence-corrected chi connectivity index (χ0v) is 11.7. The summed E-state index contributed by atoms with van der Waals surface area (Å²) >= 11 is 0. The van der Waals surface area contributed by atoms with Crippen LogP contribution in [0.4, 0.5) is 0 Å². The van der Waals surface area contributed by atoms with Crippen molar-refractivity contribution >= 4 is 5.91 Å². The first-order valence-corrected chi connectivity index (χ1v) is 7.27. The average Bonchev–Trinajstić information content (AvgIpc) is 2.89. The Hall–Kier alpha value is -0.610. The van der Waals surface area contributed by atoms with Crippen molar-refractivity contribution in [2.45, 2.75) is 45.6 Å². The van der Waals surface area contributed by atoms with Crippen LogP contribution in [-0.2, 0) is 9.53 Å². The van der Waals surface area contributed by atoms with Crippen LogP contribution in [0.3, 0.4) is 0 Å². The molecule has 4 nitrogen and oxygen atoms in total. The van der Waals surface area contributed by atoms with Gasteiger partial charge in [-0.05, 0) is 45.7 Å². The van der Waals surface area contributed by atoms with Crippen molar-refractivity contribution < 1.29 is 9.53 Å². The van der Waals surface area contributed by atoms with Crippen LogP contribution in [0.1, 0.15) is 39.5 Å². The quantitative estimate of drug-likeness (QED) is 0.824. The SMILES string of the molecule is CCN(CC1CCCO1)C(=O)C1(C)CCNCC1. The summed E-state index contributed by atoms with van der Waals surface area (Å²) in [6.07, 6.45) is 4.40. The number of hydrogen-bond donors (Lipinski definition) is 1. The predicted octanol–water partition coefficient (Wildman–Crippen LogP) is 1.40. The molecular weight excluding hydrogens is 228 g/mol. The van der Waals surface area contributed by atoms with Crippen molar-refractivity contribution in [3.8, 4) is 0 Å². The third kappa shape index (κ3) is 3.04. The molecule has 104 valence electrons. The van der Waals surface area contributed by atoms with Crippen LogP contribution in [0.15, 0.2) is 0 Å². The summed E-state index contributed by atoms with van der Waals surface area (Å²) in [5.41, 5.74) is -0.167. The number of ether oxygens (including phenoxy) is 1. The molecule has 2 fully saturated rings. The molecule has 0 aromatic rings. The molecule has 1 atom stereocenters. The molecule has 1 N–H and O–H groups in total. The highest BCUT2D eigenvalue weighted by Crippen LogP contribution is 2.30. The number of carbonyl (C=O) groups is 1. The fraction of sp³-hybridized carbons (Fsp3) is 0.929. The third-order valence-electron chi connectivity index (χ3n) is 4.34. The topological polar surface area (TPSA) is 41.6 Å². The van der Waals surface area contributed by atoms with Crippen LogP contribution in [-0.4, -0.2) is 49.7 Å².